The molecule has 0 saturated heterocycles. The Labute approximate surface area is 155 Å². The van der Waals surface area contributed by atoms with Crippen molar-refractivity contribution in [1.29, 1.82) is 0 Å². The Kier molecular flexibility index (Phi) is 5.30. The van der Waals surface area contributed by atoms with E-state index in [1.165, 1.54) is 24.5 Å². The lowest BCUT2D eigenvalue weighted by molar-refractivity contribution is -0.605. The van der Waals surface area contributed by atoms with E-state index in [9.17, 15) is 14.8 Å². The van der Waals surface area contributed by atoms with Gasteiger partial charge in [-0.1, -0.05) is 18.2 Å². The highest BCUT2D eigenvalue weighted by Crippen LogP contribution is 2.24. The zero-order chi connectivity index (χ0) is 19.4. The first-order valence-electron chi connectivity index (χ1n) is 8.42. The van der Waals surface area contributed by atoms with Crippen LogP contribution in [-0.4, -0.2) is 23.5 Å². The number of hydrogen-bond acceptors (Lipinski definition) is 6. The molecule has 1 aromatic carbocycles. The molecule has 7 heteroatoms. The van der Waals surface area contributed by atoms with Crippen LogP contribution in [0.2, 0.25) is 0 Å². The van der Waals surface area contributed by atoms with Crippen molar-refractivity contribution in [3.8, 4) is 0 Å². The molecule has 2 aromatic heterocycles. The SMILES string of the molecule is CCOC(=O)c1c(COC(=O)c2cc[n+]([O-])cc2)nc2ccccc2c1C. The van der Waals surface area contributed by atoms with Crippen LogP contribution in [0.1, 0.15) is 38.9 Å². The number of para-hydroxylation sites is 1. The van der Waals surface area contributed by atoms with Crippen LogP contribution in [0, 0.1) is 12.1 Å². The van der Waals surface area contributed by atoms with Crippen LogP contribution in [0.5, 0.6) is 0 Å². The van der Waals surface area contributed by atoms with Gasteiger partial charge < -0.3 is 14.7 Å². The third kappa shape index (κ3) is 3.87. The van der Waals surface area contributed by atoms with Gasteiger partial charge in [-0.2, -0.15) is 4.73 Å². The molecule has 0 atom stereocenters. The number of esters is 2. The number of rotatable bonds is 5. The minimum Gasteiger partial charge on any atom is -0.619 e. The lowest BCUT2D eigenvalue weighted by atomic mass is 10.0. The van der Waals surface area contributed by atoms with E-state index in [0.29, 0.717) is 21.5 Å². The maximum atomic E-state index is 12.4. The van der Waals surface area contributed by atoms with Gasteiger partial charge in [0.1, 0.15) is 6.61 Å². The average molecular weight is 366 g/mol. The van der Waals surface area contributed by atoms with Crippen LogP contribution in [0.4, 0.5) is 0 Å². The molecule has 7 nitrogen and oxygen atoms in total. The van der Waals surface area contributed by atoms with Crippen LogP contribution >= 0.6 is 0 Å². The number of benzene rings is 1. The third-order valence-electron chi connectivity index (χ3n) is 4.08. The Hall–Kier alpha value is -3.48. The van der Waals surface area contributed by atoms with Crippen molar-refractivity contribution in [2.24, 2.45) is 0 Å². The second-order valence-electron chi connectivity index (χ2n) is 5.82. The minimum absolute atomic E-state index is 0.190. The van der Waals surface area contributed by atoms with E-state index in [2.05, 4.69) is 4.98 Å². The summed E-state index contributed by atoms with van der Waals surface area (Å²) in [5, 5.41) is 11.9. The molecule has 0 saturated carbocycles. The third-order valence-corrected chi connectivity index (χ3v) is 4.08. The summed E-state index contributed by atoms with van der Waals surface area (Å²) in [6, 6.07) is 10.1. The topological polar surface area (TPSA) is 92.4 Å². The highest BCUT2D eigenvalue weighted by molar-refractivity contribution is 5.98. The molecule has 27 heavy (non-hydrogen) atoms. The first-order chi connectivity index (χ1) is 13.0. The summed E-state index contributed by atoms with van der Waals surface area (Å²) >= 11 is 0. The summed E-state index contributed by atoms with van der Waals surface area (Å²) in [4.78, 5) is 29.1. The summed E-state index contributed by atoms with van der Waals surface area (Å²) in [6.45, 7) is 3.57. The summed E-state index contributed by atoms with van der Waals surface area (Å²) in [7, 11) is 0. The lowest BCUT2D eigenvalue weighted by Crippen LogP contribution is -2.24. The molecule has 0 bridgehead atoms. The van der Waals surface area contributed by atoms with Crippen molar-refractivity contribution >= 4 is 22.8 Å². The molecule has 0 spiro atoms. The second kappa shape index (κ2) is 7.82. The molecule has 0 radical (unpaired) electrons. The molecule has 0 aliphatic rings. The van der Waals surface area contributed by atoms with Gasteiger partial charge >= 0.3 is 11.9 Å². The molecular formula is C20H18N2O5. The first-order valence-corrected chi connectivity index (χ1v) is 8.42. The van der Waals surface area contributed by atoms with Gasteiger partial charge in [-0.3, -0.25) is 0 Å². The Morgan fingerprint density at radius 1 is 1.07 bits per heavy atom. The van der Waals surface area contributed by atoms with Crippen molar-refractivity contribution in [1.82, 2.24) is 4.98 Å². The van der Waals surface area contributed by atoms with Gasteiger partial charge in [0.2, 0.25) is 0 Å². The van der Waals surface area contributed by atoms with Gasteiger partial charge in [0, 0.05) is 17.5 Å². The van der Waals surface area contributed by atoms with E-state index in [4.69, 9.17) is 9.47 Å². The highest BCUT2D eigenvalue weighted by Gasteiger charge is 2.21. The van der Waals surface area contributed by atoms with Crippen LogP contribution in [-0.2, 0) is 16.1 Å². The van der Waals surface area contributed by atoms with Crippen LogP contribution in [0.25, 0.3) is 10.9 Å². The molecule has 2 heterocycles. The minimum atomic E-state index is -0.613. The van der Waals surface area contributed by atoms with Gasteiger partial charge in [0.15, 0.2) is 12.4 Å². The van der Waals surface area contributed by atoms with Gasteiger partial charge in [0.05, 0.1) is 28.9 Å². The number of aryl methyl sites for hydroxylation is 1. The van der Waals surface area contributed by atoms with Crippen molar-refractivity contribution in [2.75, 3.05) is 6.61 Å². The van der Waals surface area contributed by atoms with Crippen LogP contribution in [0.15, 0.2) is 48.8 Å². The van der Waals surface area contributed by atoms with Crippen LogP contribution in [0.3, 0.4) is 0 Å². The zero-order valence-corrected chi connectivity index (χ0v) is 15.0. The normalized spacial score (nSPS) is 10.6. The number of carbonyl (C=O) groups is 2. The van der Waals surface area contributed by atoms with Gasteiger partial charge in [0.25, 0.3) is 0 Å². The number of aromatic nitrogens is 2. The Bertz CT molecular complexity index is 999. The van der Waals surface area contributed by atoms with E-state index in [-0.39, 0.29) is 18.8 Å². The van der Waals surface area contributed by atoms with Crippen molar-refractivity contribution in [3.63, 3.8) is 0 Å². The second-order valence-corrected chi connectivity index (χ2v) is 5.82. The molecule has 0 fully saturated rings. The molecule has 0 aliphatic heterocycles. The fraction of sp³-hybridized carbons (Fsp3) is 0.200. The fourth-order valence-corrected chi connectivity index (χ4v) is 2.79. The van der Waals surface area contributed by atoms with Gasteiger partial charge in [-0.15, -0.1) is 0 Å². The standard InChI is InChI=1S/C20H18N2O5/c1-3-26-20(24)18-13(2)15-6-4-5-7-16(15)21-17(18)12-27-19(23)14-8-10-22(25)11-9-14/h4-11H,3,12H2,1-2H3. The lowest BCUT2D eigenvalue weighted by Gasteiger charge is -2.14. The first kappa shape index (κ1) is 18.3. The van der Waals surface area contributed by atoms with E-state index < -0.39 is 11.9 Å². The molecule has 0 N–H and O–H groups in total. The Morgan fingerprint density at radius 2 is 1.78 bits per heavy atom. The predicted octanol–water partition coefficient (Wildman–Crippen LogP) is 2.71. The Balaban J connectivity index is 1.94. The smallest absolute Gasteiger partial charge is 0.340 e. The summed E-state index contributed by atoms with van der Waals surface area (Å²) in [6.07, 6.45) is 2.41. The largest absolute Gasteiger partial charge is 0.619 e. The summed E-state index contributed by atoms with van der Waals surface area (Å²) in [5.74, 6) is -1.12. The number of pyridine rings is 2. The average Bonchev–Trinajstić information content (AvgIpc) is 2.67. The molecule has 138 valence electrons. The number of nitrogens with zero attached hydrogens (tertiary/aromatic N) is 2. The van der Waals surface area contributed by atoms with Crippen molar-refractivity contribution < 1.29 is 23.8 Å². The Morgan fingerprint density at radius 3 is 2.48 bits per heavy atom. The molecule has 0 aliphatic carbocycles. The van der Waals surface area contributed by atoms with E-state index >= 15 is 0 Å². The van der Waals surface area contributed by atoms with Crippen LogP contribution < -0.4 is 4.73 Å². The van der Waals surface area contributed by atoms with E-state index in [1.54, 1.807) is 6.92 Å². The molecule has 3 aromatic rings. The van der Waals surface area contributed by atoms with Crippen molar-refractivity contribution in [2.45, 2.75) is 20.5 Å². The highest BCUT2D eigenvalue weighted by atomic mass is 16.5. The number of ether oxygens (including phenoxy) is 2. The molecule has 0 amide bonds. The summed E-state index contributed by atoms with van der Waals surface area (Å²) < 4.78 is 11.0. The summed E-state index contributed by atoms with van der Waals surface area (Å²) in [5.41, 5.74) is 2.28. The molecular weight excluding hydrogens is 348 g/mol. The number of fused-ring (bicyclic) bond motifs is 1. The maximum absolute atomic E-state index is 12.4. The van der Waals surface area contributed by atoms with E-state index in [0.717, 1.165) is 10.9 Å². The predicted molar refractivity (Wildman–Crippen MR) is 97.0 cm³/mol. The number of carbonyl (C=O) groups excluding carboxylic acids is 2. The quantitative estimate of drug-likeness (QED) is 0.392. The fourth-order valence-electron chi connectivity index (χ4n) is 2.79. The van der Waals surface area contributed by atoms with E-state index in [1.807, 2.05) is 31.2 Å². The van der Waals surface area contributed by atoms with Crippen molar-refractivity contribution in [3.05, 3.63) is 76.4 Å². The zero-order valence-electron chi connectivity index (χ0n) is 15.0. The van der Waals surface area contributed by atoms with Gasteiger partial charge in [-0.05, 0) is 25.5 Å². The molecule has 0 unspecified atom stereocenters. The van der Waals surface area contributed by atoms with Gasteiger partial charge in [-0.25, -0.2) is 14.6 Å². The maximum Gasteiger partial charge on any atom is 0.340 e. The number of hydrogen-bond donors (Lipinski definition) is 0. The monoisotopic (exact) mass is 366 g/mol. The molecule has 3 rings (SSSR count).